The Morgan fingerprint density at radius 1 is 1.10 bits per heavy atom. The molecule has 0 spiro atoms. The maximum Gasteiger partial charge on any atom is 0.264 e. The molecule has 0 aromatic carbocycles. The van der Waals surface area contributed by atoms with Crippen LogP contribution < -0.4 is 5.56 Å². The summed E-state index contributed by atoms with van der Waals surface area (Å²) in [6.07, 6.45) is 10.2. The summed E-state index contributed by atoms with van der Waals surface area (Å²) in [5, 5.41) is 1.94. The fourth-order valence-electron chi connectivity index (χ4n) is 5.40. The molecule has 4 heterocycles. The number of amides is 1. The zero-order valence-corrected chi connectivity index (χ0v) is 18.3. The first-order valence-electron chi connectivity index (χ1n) is 11.4. The van der Waals surface area contributed by atoms with Crippen LogP contribution in [0.3, 0.4) is 0 Å². The molecule has 3 aliphatic rings. The van der Waals surface area contributed by atoms with E-state index in [1.807, 2.05) is 22.4 Å². The lowest BCUT2D eigenvalue weighted by Gasteiger charge is -2.38. The van der Waals surface area contributed by atoms with Crippen molar-refractivity contribution in [1.82, 2.24) is 19.8 Å². The fraction of sp³-hybridized carbons (Fsp3) is 0.609. The smallest absolute Gasteiger partial charge is 0.264 e. The van der Waals surface area contributed by atoms with Gasteiger partial charge >= 0.3 is 0 Å². The number of piperidine rings is 1. The van der Waals surface area contributed by atoms with E-state index in [2.05, 4.69) is 9.88 Å². The largest absolute Gasteiger partial charge is 0.328 e. The number of H-pyrrole nitrogens is 1. The number of thiophene rings is 1. The summed E-state index contributed by atoms with van der Waals surface area (Å²) in [6.45, 7) is 2.44. The summed E-state index contributed by atoms with van der Waals surface area (Å²) in [5.41, 5.74) is 1.77. The third-order valence-electron chi connectivity index (χ3n) is 7.02. The van der Waals surface area contributed by atoms with E-state index >= 15 is 0 Å². The Labute approximate surface area is 181 Å². The topological polar surface area (TPSA) is 69.3 Å². The van der Waals surface area contributed by atoms with Crippen molar-refractivity contribution >= 4 is 17.2 Å². The second-order valence-corrected chi connectivity index (χ2v) is 9.82. The Morgan fingerprint density at radius 2 is 1.93 bits per heavy atom. The summed E-state index contributed by atoms with van der Waals surface area (Å²) >= 11 is 1.47. The molecule has 5 rings (SSSR count). The normalized spacial score (nSPS) is 23.3. The molecular weight excluding hydrogens is 396 g/mol. The molecule has 1 atom stereocenters. The van der Waals surface area contributed by atoms with Gasteiger partial charge in [-0.3, -0.25) is 14.5 Å². The minimum Gasteiger partial charge on any atom is -0.328 e. The van der Waals surface area contributed by atoms with Crippen molar-refractivity contribution in [3.8, 4) is 0 Å². The molecule has 30 heavy (non-hydrogen) atoms. The number of rotatable bonds is 3. The van der Waals surface area contributed by atoms with Crippen LogP contribution in [0.25, 0.3) is 0 Å². The van der Waals surface area contributed by atoms with Crippen molar-refractivity contribution in [2.45, 2.75) is 76.4 Å². The van der Waals surface area contributed by atoms with Gasteiger partial charge in [-0.05, 0) is 50.0 Å². The average Bonchev–Trinajstić information content (AvgIpc) is 3.34. The predicted octanol–water partition coefficient (Wildman–Crippen LogP) is 3.89. The van der Waals surface area contributed by atoms with Crippen molar-refractivity contribution in [3.63, 3.8) is 0 Å². The molecule has 0 unspecified atom stereocenters. The number of carbonyl (C=O) groups excluding carboxylic acids is 1. The van der Waals surface area contributed by atoms with Crippen molar-refractivity contribution < 1.29 is 4.79 Å². The van der Waals surface area contributed by atoms with Crippen LogP contribution in [-0.4, -0.2) is 44.8 Å². The van der Waals surface area contributed by atoms with Crippen LogP contribution in [-0.2, 0) is 13.0 Å². The Kier molecular flexibility index (Phi) is 5.74. The molecule has 1 N–H and O–H groups in total. The van der Waals surface area contributed by atoms with Gasteiger partial charge in [0, 0.05) is 31.2 Å². The van der Waals surface area contributed by atoms with E-state index in [-0.39, 0.29) is 17.5 Å². The number of nitrogens with one attached hydrogen (secondary N) is 1. The number of hydrogen-bond acceptors (Lipinski definition) is 5. The molecule has 1 saturated heterocycles. The van der Waals surface area contributed by atoms with Crippen LogP contribution in [0.4, 0.5) is 0 Å². The van der Waals surface area contributed by atoms with Crippen LogP contribution in [0, 0.1) is 0 Å². The van der Waals surface area contributed by atoms with Gasteiger partial charge < -0.3 is 9.88 Å². The number of nitrogens with zero attached hydrogens (tertiary/aromatic N) is 3. The second kappa shape index (κ2) is 8.63. The molecule has 2 fully saturated rings. The van der Waals surface area contributed by atoms with E-state index < -0.39 is 0 Å². The summed E-state index contributed by atoms with van der Waals surface area (Å²) in [5.74, 6) is 0.729. The van der Waals surface area contributed by atoms with E-state index in [1.54, 1.807) is 0 Å². The number of aromatic amines is 1. The Hall–Kier alpha value is -1.99. The maximum absolute atomic E-state index is 13.1. The molecule has 2 aromatic heterocycles. The summed E-state index contributed by atoms with van der Waals surface area (Å²) in [4.78, 5) is 39.2. The van der Waals surface area contributed by atoms with E-state index in [9.17, 15) is 9.59 Å². The summed E-state index contributed by atoms with van der Waals surface area (Å²) in [7, 11) is 0. The first kappa shape index (κ1) is 19.9. The van der Waals surface area contributed by atoms with Gasteiger partial charge in [0.05, 0.1) is 16.6 Å². The monoisotopic (exact) mass is 426 g/mol. The molecule has 2 aromatic rings. The molecule has 7 heteroatoms. The fourth-order valence-corrected chi connectivity index (χ4v) is 6.07. The van der Waals surface area contributed by atoms with Crippen LogP contribution in [0.2, 0.25) is 0 Å². The zero-order chi connectivity index (χ0) is 20.5. The summed E-state index contributed by atoms with van der Waals surface area (Å²) in [6, 6.07) is 4.28. The lowest BCUT2D eigenvalue weighted by Crippen LogP contribution is -2.44. The first-order chi connectivity index (χ1) is 14.7. The minimum atomic E-state index is -0.142. The van der Waals surface area contributed by atoms with Crippen molar-refractivity contribution in [2.75, 3.05) is 13.1 Å². The van der Waals surface area contributed by atoms with Gasteiger partial charge in [0.1, 0.15) is 5.82 Å². The van der Waals surface area contributed by atoms with Gasteiger partial charge in [-0.2, -0.15) is 0 Å². The number of likely N-dealkylation sites (tertiary alicyclic amines) is 1. The minimum absolute atomic E-state index is 0.00705. The number of carbonyl (C=O) groups is 1. The molecule has 0 radical (unpaired) electrons. The van der Waals surface area contributed by atoms with E-state index in [4.69, 9.17) is 4.98 Å². The number of fused-ring (bicyclic) bond motifs is 1. The van der Waals surface area contributed by atoms with Crippen molar-refractivity contribution in [3.05, 3.63) is 49.8 Å². The first-order valence-corrected chi connectivity index (χ1v) is 12.3. The van der Waals surface area contributed by atoms with Crippen molar-refractivity contribution in [1.29, 1.82) is 0 Å². The van der Waals surface area contributed by atoms with Crippen LogP contribution in [0.1, 0.15) is 84.2 Å². The highest BCUT2D eigenvalue weighted by molar-refractivity contribution is 7.12. The van der Waals surface area contributed by atoms with Gasteiger partial charge in [0.2, 0.25) is 0 Å². The molecule has 2 aliphatic heterocycles. The lowest BCUT2D eigenvalue weighted by molar-refractivity contribution is 0.0603. The maximum atomic E-state index is 13.1. The van der Waals surface area contributed by atoms with Gasteiger partial charge in [0.15, 0.2) is 0 Å². The Balaban J connectivity index is 1.42. The van der Waals surface area contributed by atoms with Crippen LogP contribution >= 0.6 is 11.3 Å². The molecule has 1 aliphatic carbocycles. The molecule has 1 amide bonds. The zero-order valence-electron chi connectivity index (χ0n) is 17.4. The standard InChI is InChI=1S/C23H30N4O2S/c28-22-17-11-13-26(16-7-2-1-3-8-16)15-18(17)24-21(25-22)19-9-4-5-12-27(19)23(29)20-10-6-14-30-20/h6,10,14,16,19H,1-5,7-9,11-13,15H2,(H,24,25,28)/t19-/m1/s1. The average molecular weight is 427 g/mol. The third kappa shape index (κ3) is 3.85. The lowest BCUT2D eigenvalue weighted by atomic mass is 9.92. The molecular formula is C23H30N4O2S. The molecule has 0 bridgehead atoms. The Bertz CT molecular complexity index is 949. The van der Waals surface area contributed by atoms with Gasteiger partial charge in [-0.25, -0.2) is 4.98 Å². The Morgan fingerprint density at radius 3 is 2.73 bits per heavy atom. The second-order valence-electron chi connectivity index (χ2n) is 8.88. The van der Waals surface area contributed by atoms with E-state index in [1.165, 1.54) is 43.4 Å². The molecule has 6 nitrogen and oxygen atoms in total. The van der Waals surface area contributed by atoms with Crippen molar-refractivity contribution in [2.24, 2.45) is 0 Å². The molecule has 1 saturated carbocycles. The predicted molar refractivity (Wildman–Crippen MR) is 118 cm³/mol. The van der Waals surface area contributed by atoms with Gasteiger partial charge in [-0.1, -0.05) is 25.3 Å². The highest BCUT2D eigenvalue weighted by atomic mass is 32.1. The summed E-state index contributed by atoms with van der Waals surface area (Å²) < 4.78 is 0. The highest BCUT2D eigenvalue weighted by Gasteiger charge is 2.33. The van der Waals surface area contributed by atoms with Gasteiger partial charge in [0.25, 0.3) is 11.5 Å². The van der Waals surface area contributed by atoms with E-state index in [0.717, 1.165) is 61.5 Å². The van der Waals surface area contributed by atoms with E-state index in [0.29, 0.717) is 11.9 Å². The quantitative estimate of drug-likeness (QED) is 0.808. The number of aromatic nitrogens is 2. The molecule has 160 valence electrons. The van der Waals surface area contributed by atoms with Crippen LogP contribution in [0.15, 0.2) is 22.3 Å². The third-order valence-corrected chi connectivity index (χ3v) is 7.88. The van der Waals surface area contributed by atoms with Crippen LogP contribution in [0.5, 0.6) is 0 Å². The highest BCUT2D eigenvalue weighted by Crippen LogP contribution is 2.32. The van der Waals surface area contributed by atoms with Gasteiger partial charge in [-0.15, -0.1) is 11.3 Å². The SMILES string of the molecule is O=C(c1cccs1)N1CCCC[C@@H]1c1nc2c(c(=O)[nH]1)CCN(C1CCCCC1)C2. The number of hydrogen-bond donors (Lipinski definition) is 1.